The third kappa shape index (κ3) is 12.4. The van der Waals surface area contributed by atoms with E-state index in [1.165, 1.54) is 25.7 Å². The van der Waals surface area contributed by atoms with Crippen LogP contribution in [0.2, 0.25) is 0 Å². The summed E-state index contributed by atoms with van der Waals surface area (Å²) in [7, 11) is 0. The van der Waals surface area contributed by atoms with Gasteiger partial charge in [-0.15, -0.1) is 12.3 Å². The van der Waals surface area contributed by atoms with E-state index in [9.17, 15) is 4.79 Å². The zero-order valence-electron chi connectivity index (χ0n) is 17.5. The van der Waals surface area contributed by atoms with Gasteiger partial charge in [-0.1, -0.05) is 44.9 Å². The number of carbonyl (C=O) groups is 1. The van der Waals surface area contributed by atoms with E-state index in [-0.39, 0.29) is 12.0 Å². The molecule has 0 radical (unpaired) electrons. The van der Waals surface area contributed by atoms with Crippen molar-refractivity contribution < 1.29 is 4.79 Å². The van der Waals surface area contributed by atoms with E-state index in [4.69, 9.17) is 17.2 Å². The van der Waals surface area contributed by atoms with Gasteiger partial charge in [0.15, 0.2) is 5.96 Å². The molecule has 6 nitrogen and oxygen atoms in total. The number of hydrogen-bond donors (Lipinski definition) is 4. The predicted molar refractivity (Wildman–Crippen MR) is 117 cm³/mol. The molecule has 0 aromatic heterocycles. The highest BCUT2D eigenvalue weighted by Crippen LogP contribution is 2.10. The molecule has 4 N–H and O–H groups in total. The molecule has 0 aromatic rings. The van der Waals surface area contributed by atoms with E-state index in [0.29, 0.717) is 6.42 Å². The lowest BCUT2D eigenvalue weighted by Gasteiger charge is -2.23. The smallest absolute Gasteiger partial charge is 0.324 e. The Morgan fingerprint density at radius 1 is 1.00 bits per heavy atom. The lowest BCUT2D eigenvalue weighted by molar-refractivity contribution is 0.200. The van der Waals surface area contributed by atoms with Crippen molar-refractivity contribution in [1.82, 2.24) is 15.5 Å². The van der Waals surface area contributed by atoms with Crippen LogP contribution in [0.15, 0.2) is 0 Å². The van der Waals surface area contributed by atoms with Crippen LogP contribution in [0.5, 0.6) is 0 Å². The molecule has 28 heavy (non-hydrogen) atoms. The molecule has 0 aliphatic carbocycles. The average Bonchev–Trinajstić information content (AvgIpc) is 2.69. The third-order valence-electron chi connectivity index (χ3n) is 5.15. The Bertz CT molecular complexity index is 512. The fraction of sp³-hybridized carbons (Fsp3) is 0.773. The maximum absolute atomic E-state index is 12.5. The molecule has 1 aliphatic heterocycles. The van der Waals surface area contributed by atoms with Gasteiger partial charge in [0.25, 0.3) is 0 Å². The van der Waals surface area contributed by atoms with Crippen LogP contribution >= 0.6 is 0 Å². The van der Waals surface area contributed by atoms with E-state index < -0.39 is 0 Å². The van der Waals surface area contributed by atoms with E-state index in [1.807, 2.05) is 4.90 Å². The van der Waals surface area contributed by atoms with Crippen molar-refractivity contribution in [2.45, 2.75) is 89.9 Å². The van der Waals surface area contributed by atoms with Crippen molar-refractivity contribution in [3.63, 3.8) is 0 Å². The number of urea groups is 1. The molecule has 6 heteroatoms. The average molecular weight is 390 g/mol. The summed E-state index contributed by atoms with van der Waals surface area (Å²) in [5, 5.41) is 21.4. The number of unbranched alkanes of at least 4 members (excludes halogenated alkanes) is 4. The van der Waals surface area contributed by atoms with E-state index in [2.05, 4.69) is 16.6 Å². The molecule has 158 valence electrons. The van der Waals surface area contributed by atoms with Crippen molar-refractivity contribution >= 4 is 17.7 Å². The predicted octanol–water partition coefficient (Wildman–Crippen LogP) is 4.65. The Labute approximate surface area is 171 Å². The minimum atomic E-state index is -0.154. The van der Waals surface area contributed by atoms with Crippen LogP contribution in [-0.4, -0.2) is 42.2 Å². The fourth-order valence-corrected chi connectivity index (χ4v) is 3.41. The number of carbonyl (C=O) groups excluding carboxylic acids is 1. The number of terminal acetylenes is 1. The number of nitrogens with one attached hydrogen (secondary N) is 4. The van der Waals surface area contributed by atoms with Crippen LogP contribution in [0.25, 0.3) is 0 Å². The van der Waals surface area contributed by atoms with Crippen molar-refractivity contribution in [2.24, 2.45) is 0 Å². The topological polar surface area (TPSA) is 92.1 Å². The van der Waals surface area contributed by atoms with Crippen LogP contribution in [0.3, 0.4) is 0 Å². The number of nitrogens with zero attached hydrogens (tertiary/aromatic N) is 1. The van der Waals surface area contributed by atoms with Gasteiger partial charge < -0.3 is 15.6 Å². The molecule has 1 aliphatic rings. The Kier molecular flexibility index (Phi) is 13.7. The van der Waals surface area contributed by atoms with Crippen LogP contribution in [0, 0.1) is 23.2 Å². The highest BCUT2D eigenvalue weighted by molar-refractivity contribution is 5.94. The lowest BCUT2D eigenvalue weighted by Crippen LogP contribution is -2.48. The molecule has 1 fully saturated rings. The molecule has 0 spiro atoms. The number of guanidine groups is 1. The summed E-state index contributed by atoms with van der Waals surface area (Å²) in [5.41, 5.74) is 0.765. The largest absolute Gasteiger partial charge is 0.356 e. The SMILES string of the molecule is C#CCCC(=N)CCCCCCCN1CCCCCCCCNC(=N)NC1=O. The van der Waals surface area contributed by atoms with Gasteiger partial charge in [-0.05, 0) is 38.5 Å². The van der Waals surface area contributed by atoms with Crippen molar-refractivity contribution in [3.05, 3.63) is 0 Å². The molecule has 1 rings (SSSR count). The Hall–Kier alpha value is -2.03. The Morgan fingerprint density at radius 3 is 2.46 bits per heavy atom. The first-order valence-electron chi connectivity index (χ1n) is 11.0. The van der Waals surface area contributed by atoms with Crippen LogP contribution in [-0.2, 0) is 0 Å². The summed E-state index contributed by atoms with van der Waals surface area (Å²) in [6.45, 7) is 2.27. The lowest BCUT2D eigenvalue weighted by atomic mass is 10.1. The number of rotatable bonds is 10. The first-order chi connectivity index (χ1) is 13.6. The van der Waals surface area contributed by atoms with Crippen molar-refractivity contribution in [1.29, 1.82) is 10.8 Å². The monoisotopic (exact) mass is 389 g/mol. The first-order valence-corrected chi connectivity index (χ1v) is 11.0. The summed E-state index contributed by atoms with van der Waals surface area (Å²) >= 11 is 0. The minimum Gasteiger partial charge on any atom is -0.356 e. The van der Waals surface area contributed by atoms with Crippen molar-refractivity contribution in [2.75, 3.05) is 19.6 Å². The zero-order valence-corrected chi connectivity index (χ0v) is 17.5. The van der Waals surface area contributed by atoms with Gasteiger partial charge in [0.05, 0.1) is 0 Å². The van der Waals surface area contributed by atoms with Crippen molar-refractivity contribution in [3.8, 4) is 12.3 Å². The first kappa shape index (κ1) is 24.0. The molecule has 0 atom stereocenters. The summed E-state index contributed by atoms with van der Waals surface area (Å²) in [5.74, 6) is 2.70. The number of amides is 2. The normalized spacial score (nSPS) is 16.8. The summed E-state index contributed by atoms with van der Waals surface area (Å²) < 4.78 is 0. The standard InChI is InChI=1S/C22H39N5O/c1-2-3-15-20(23)16-11-7-6-10-14-19-27-18-13-9-5-4-8-12-17-25-21(24)26-22(27)28/h1,23H,3-19H2,(H3,24,25,26,28). The molecular formula is C22H39N5O. The second-order valence-corrected chi connectivity index (χ2v) is 7.67. The Balaban J connectivity index is 2.24. The van der Waals surface area contributed by atoms with Gasteiger partial charge in [-0.25, -0.2) is 4.79 Å². The van der Waals surface area contributed by atoms with Gasteiger partial charge in [-0.2, -0.15) is 0 Å². The van der Waals surface area contributed by atoms with Gasteiger partial charge in [0, 0.05) is 31.8 Å². The minimum absolute atomic E-state index is 0.113. The molecule has 1 heterocycles. The van der Waals surface area contributed by atoms with Gasteiger partial charge in [-0.3, -0.25) is 10.7 Å². The molecule has 2 amide bonds. The Morgan fingerprint density at radius 2 is 1.68 bits per heavy atom. The molecular weight excluding hydrogens is 350 g/mol. The maximum atomic E-state index is 12.5. The second kappa shape index (κ2) is 16.0. The highest BCUT2D eigenvalue weighted by atomic mass is 16.2. The quantitative estimate of drug-likeness (QED) is 0.249. The zero-order chi connectivity index (χ0) is 20.5. The van der Waals surface area contributed by atoms with E-state index >= 15 is 0 Å². The van der Waals surface area contributed by atoms with Gasteiger partial charge in [0.1, 0.15) is 0 Å². The maximum Gasteiger partial charge on any atom is 0.324 e. The van der Waals surface area contributed by atoms with E-state index in [0.717, 1.165) is 83.1 Å². The number of hydrogen-bond acceptors (Lipinski definition) is 3. The molecule has 0 aromatic carbocycles. The van der Waals surface area contributed by atoms with E-state index in [1.54, 1.807) is 0 Å². The highest BCUT2D eigenvalue weighted by Gasteiger charge is 2.14. The summed E-state index contributed by atoms with van der Waals surface area (Å²) in [6, 6.07) is -0.154. The molecule has 0 unspecified atom stereocenters. The van der Waals surface area contributed by atoms with Crippen LogP contribution in [0.1, 0.15) is 89.9 Å². The van der Waals surface area contributed by atoms with Crippen LogP contribution in [0.4, 0.5) is 4.79 Å². The van der Waals surface area contributed by atoms with Gasteiger partial charge >= 0.3 is 6.03 Å². The summed E-state index contributed by atoms with van der Waals surface area (Å²) in [4.78, 5) is 14.3. The molecule has 0 bridgehead atoms. The van der Waals surface area contributed by atoms with Gasteiger partial charge in [0.2, 0.25) is 0 Å². The van der Waals surface area contributed by atoms with Crippen LogP contribution < -0.4 is 10.6 Å². The summed E-state index contributed by atoms with van der Waals surface area (Å²) in [6.07, 6.45) is 19.8. The fourth-order valence-electron chi connectivity index (χ4n) is 3.41. The second-order valence-electron chi connectivity index (χ2n) is 7.67. The molecule has 0 saturated carbocycles. The third-order valence-corrected chi connectivity index (χ3v) is 5.15. The molecule has 1 saturated heterocycles.